The topological polar surface area (TPSA) is 104 Å². The molecule has 4 N–H and O–H groups in total. The Labute approximate surface area is 165 Å². The van der Waals surface area contributed by atoms with Crippen molar-refractivity contribution < 1.29 is 4.39 Å². The van der Waals surface area contributed by atoms with Crippen molar-refractivity contribution in [3.05, 3.63) is 72.8 Å². The van der Waals surface area contributed by atoms with Gasteiger partial charge < -0.3 is 11.5 Å². The Morgan fingerprint density at radius 1 is 0.724 bits per heavy atom. The van der Waals surface area contributed by atoms with E-state index in [-0.39, 0.29) is 5.82 Å². The van der Waals surface area contributed by atoms with E-state index in [0.717, 1.165) is 21.7 Å². The van der Waals surface area contributed by atoms with Gasteiger partial charge in [0, 0.05) is 39.7 Å². The number of anilines is 2. The van der Waals surface area contributed by atoms with Gasteiger partial charge in [0.2, 0.25) is 0 Å². The molecule has 0 aliphatic heterocycles. The Balaban J connectivity index is 1.89. The molecular formula is C22H15FN6. The lowest BCUT2D eigenvalue weighted by molar-refractivity contribution is 0.631. The molecule has 0 spiro atoms. The highest BCUT2D eigenvalue weighted by Crippen LogP contribution is 2.35. The molecule has 6 nitrogen and oxygen atoms in total. The van der Waals surface area contributed by atoms with Gasteiger partial charge in [0.1, 0.15) is 17.5 Å². The minimum absolute atomic E-state index is 0.334. The lowest BCUT2D eigenvalue weighted by atomic mass is 9.99. The molecule has 5 rings (SSSR count). The van der Waals surface area contributed by atoms with E-state index >= 15 is 0 Å². The maximum atomic E-state index is 14.5. The Kier molecular flexibility index (Phi) is 3.80. The molecule has 0 bridgehead atoms. The van der Waals surface area contributed by atoms with Crippen LogP contribution >= 0.6 is 0 Å². The van der Waals surface area contributed by atoms with Crippen LogP contribution in [0.5, 0.6) is 0 Å². The molecular weight excluding hydrogens is 367 g/mol. The van der Waals surface area contributed by atoms with Gasteiger partial charge in [-0.2, -0.15) is 0 Å². The highest BCUT2D eigenvalue weighted by atomic mass is 19.1. The number of aromatic nitrogens is 4. The monoisotopic (exact) mass is 382 g/mol. The number of nitrogen functional groups attached to an aromatic ring is 2. The summed E-state index contributed by atoms with van der Waals surface area (Å²) in [6, 6.07) is 15.5. The van der Waals surface area contributed by atoms with Crippen molar-refractivity contribution >= 4 is 33.4 Å². The molecule has 0 amide bonds. The van der Waals surface area contributed by atoms with Gasteiger partial charge in [-0.05, 0) is 42.5 Å². The predicted octanol–water partition coefficient (Wildman–Crippen LogP) is 4.21. The first-order chi connectivity index (χ1) is 14.1. The Hall–Kier alpha value is -4.13. The molecule has 0 atom stereocenters. The second-order valence-corrected chi connectivity index (χ2v) is 6.59. The summed E-state index contributed by atoms with van der Waals surface area (Å²) in [6.07, 6.45) is 3.32. The van der Waals surface area contributed by atoms with Gasteiger partial charge in [-0.3, -0.25) is 4.98 Å². The van der Waals surface area contributed by atoms with Gasteiger partial charge in [-0.25, -0.2) is 19.3 Å². The summed E-state index contributed by atoms with van der Waals surface area (Å²) in [5.41, 5.74) is 14.6. The van der Waals surface area contributed by atoms with Crippen LogP contribution in [0.15, 0.2) is 67.0 Å². The SMILES string of the molecule is Nc1ccc2c(-c3nccc4c(N)nccc34)cc(-c3ccccc3F)nc2n1. The quantitative estimate of drug-likeness (QED) is 0.474. The lowest BCUT2D eigenvalue weighted by Gasteiger charge is -2.12. The van der Waals surface area contributed by atoms with Crippen LogP contribution in [-0.4, -0.2) is 19.9 Å². The minimum Gasteiger partial charge on any atom is -0.384 e. The van der Waals surface area contributed by atoms with Crippen LogP contribution in [0.1, 0.15) is 0 Å². The summed E-state index contributed by atoms with van der Waals surface area (Å²) >= 11 is 0. The third kappa shape index (κ3) is 2.80. The highest BCUT2D eigenvalue weighted by Gasteiger charge is 2.16. The average molecular weight is 382 g/mol. The number of hydrogen-bond acceptors (Lipinski definition) is 6. The zero-order chi connectivity index (χ0) is 20.0. The van der Waals surface area contributed by atoms with Gasteiger partial charge in [-0.1, -0.05) is 12.1 Å². The van der Waals surface area contributed by atoms with E-state index in [0.29, 0.717) is 34.2 Å². The number of fused-ring (bicyclic) bond motifs is 2. The lowest BCUT2D eigenvalue weighted by Crippen LogP contribution is -1.98. The zero-order valence-corrected chi connectivity index (χ0v) is 15.2. The van der Waals surface area contributed by atoms with Crippen LogP contribution in [0.3, 0.4) is 0 Å². The van der Waals surface area contributed by atoms with Crippen LogP contribution < -0.4 is 11.5 Å². The van der Waals surface area contributed by atoms with Gasteiger partial charge >= 0.3 is 0 Å². The standard InChI is InChI=1S/C22H15FN6/c23-17-4-2-1-3-15(17)18-11-16(14-5-6-19(24)29-22(14)28-18)20-12-7-10-27-21(25)13(12)8-9-26-20/h1-11H,(H2,25,27)(H2,24,28,29). The van der Waals surface area contributed by atoms with Gasteiger partial charge in [0.15, 0.2) is 5.65 Å². The third-order valence-corrected chi connectivity index (χ3v) is 4.82. The minimum atomic E-state index is -0.367. The number of rotatable bonds is 2. The molecule has 0 saturated heterocycles. The fraction of sp³-hybridized carbons (Fsp3) is 0. The maximum absolute atomic E-state index is 14.5. The van der Waals surface area contributed by atoms with E-state index in [9.17, 15) is 4.39 Å². The molecule has 1 aromatic carbocycles. The predicted molar refractivity (Wildman–Crippen MR) is 112 cm³/mol. The van der Waals surface area contributed by atoms with Crippen molar-refractivity contribution in [1.82, 2.24) is 19.9 Å². The second kappa shape index (κ2) is 6.49. The fourth-order valence-electron chi connectivity index (χ4n) is 3.46. The molecule has 4 heterocycles. The Morgan fingerprint density at radius 3 is 2.38 bits per heavy atom. The van der Waals surface area contributed by atoms with Crippen LogP contribution in [-0.2, 0) is 0 Å². The molecule has 29 heavy (non-hydrogen) atoms. The molecule has 0 aliphatic carbocycles. The summed E-state index contributed by atoms with van der Waals surface area (Å²) in [5, 5.41) is 2.39. The molecule has 0 saturated carbocycles. The molecule has 0 fully saturated rings. The summed E-state index contributed by atoms with van der Waals surface area (Å²) < 4.78 is 14.5. The van der Waals surface area contributed by atoms with Gasteiger partial charge in [0.05, 0.1) is 11.4 Å². The normalized spacial score (nSPS) is 11.2. The van der Waals surface area contributed by atoms with Gasteiger partial charge in [-0.15, -0.1) is 0 Å². The summed E-state index contributed by atoms with van der Waals surface area (Å²) in [7, 11) is 0. The van der Waals surface area contributed by atoms with E-state index in [2.05, 4.69) is 19.9 Å². The van der Waals surface area contributed by atoms with Crippen LogP contribution in [0.4, 0.5) is 16.0 Å². The summed E-state index contributed by atoms with van der Waals surface area (Å²) in [6.45, 7) is 0. The fourth-order valence-corrected chi connectivity index (χ4v) is 3.46. The molecule has 0 unspecified atom stereocenters. The third-order valence-electron chi connectivity index (χ3n) is 4.82. The first-order valence-corrected chi connectivity index (χ1v) is 8.93. The molecule has 5 aromatic rings. The van der Waals surface area contributed by atoms with E-state index in [1.165, 1.54) is 6.07 Å². The maximum Gasteiger partial charge on any atom is 0.162 e. The van der Waals surface area contributed by atoms with E-state index < -0.39 is 0 Å². The number of halogens is 1. The average Bonchev–Trinajstić information content (AvgIpc) is 2.73. The molecule has 0 aliphatic rings. The summed E-state index contributed by atoms with van der Waals surface area (Å²) in [5.74, 6) is 0.385. The van der Waals surface area contributed by atoms with Crippen molar-refractivity contribution in [2.24, 2.45) is 0 Å². The van der Waals surface area contributed by atoms with E-state index in [1.54, 1.807) is 36.7 Å². The molecule has 140 valence electrons. The largest absolute Gasteiger partial charge is 0.384 e. The number of hydrogen-bond donors (Lipinski definition) is 2. The van der Waals surface area contributed by atoms with E-state index in [4.69, 9.17) is 11.5 Å². The van der Waals surface area contributed by atoms with Crippen molar-refractivity contribution in [3.8, 4) is 22.5 Å². The molecule has 0 radical (unpaired) electrons. The Morgan fingerprint density at radius 2 is 1.52 bits per heavy atom. The number of nitrogens with zero attached hydrogens (tertiary/aromatic N) is 4. The van der Waals surface area contributed by atoms with Crippen LogP contribution in [0.2, 0.25) is 0 Å². The first-order valence-electron chi connectivity index (χ1n) is 8.93. The second-order valence-electron chi connectivity index (χ2n) is 6.59. The van der Waals surface area contributed by atoms with Crippen molar-refractivity contribution in [1.29, 1.82) is 0 Å². The smallest absolute Gasteiger partial charge is 0.162 e. The van der Waals surface area contributed by atoms with Crippen molar-refractivity contribution in [3.63, 3.8) is 0 Å². The van der Waals surface area contributed by atoms with E-state index in [1.807, 2.05) is 24.3 Å². The van der Waals surface area contributed by atoms with Crippen LogP contribution in [0, 0.1) is 5.82 Å². The number of pyridine rings is 4. The van der Waals surface area contributed by atoms with Crippen LogP contribution in [0.25, 0.3) is 44.3 Å². The summed E-state index contributed by atoms with van der Waals surface area (Å²) in [4.78, 5) is 17.6. The number of benzene rings is 1. The van der Waals surface area contributed by atoms with Crippen molar-refractivity contribution in [2.75, 3.05) is 11.5 Å². The zero-order valence-electron chi connectivity index (χ0n) is 15.2. The van der Waals surface area contributed by atoms with Gasteiger partial charge in [0.25, 0.3) is 0 Å². The number of nitrogens with two attached hydrogens (primary N) is 2. The highest BCUT2D eigenvalue weighted by molar-refractivity contribution is 6.05. The molecule has 7 heteroatoms. The first kappa shape index (κ1) is 17.0. The Bertz CT molecular complexity index is 1400. The molecule has 4 aromatic heterocycles. The van der Waals surface area contributed by atoms with Crippen molar-refractivity contribution in [2.45, 2.75) is 0 Å².